The van der Waals surface area contributed by atoms with E-state index >= 15 is 0 Å². The smallest absolute Gasteiger partial charge is 0.338 e. The van der Waals surface area contributed by atoms with E-state index < -0.39 is 5.97 Å². The van der Waals surface area contributed by atoms with E-state index in [0.717, 1.165) is 17.7 Å². The largest absolute Gasteiger partial charge is 0.478 e. The number of nitrogens with one attached hydrogen (secondary N) is 1. The molecule has 0 saturated heterocycles. The van der Waals surface area contributed by atoms with E-state index in [4.69, 9.17) is 4.74 Å². The normalized spacial score (nSPS) is 12.2. The maximum Gasteiger partial charge on any atom is 0.338 e. The highest BCUT2D eigenvalue weighted by Crippen LogP contribution is 2.28. The minimum atomic E-state index is -0.903. The molecule has 0 bridgehead atoms. The first-order chi connectivity index (χ1) is 9.13. The Labute approximate surface area is 118 Å². The fraction of sp³-hybridized carbons (Fsp3) is 0.500. The van der Waals surface area contributed by atoms with Crippen LogP contribution in [0.3, 0.4) is 0 Å². The maximum absolute atomic E-state index is 11.4. The highest BCUT2D eigenvalue weighted by molar-refractivity contribution is 7.98. The van der Waals surface area contributed by atoms with Gasteiger partial charge in [0.2, 0.25) is 0 Å². The third kappa shape index (κ3) is 4.44. The van der Waals surface area contributed by atoms with Crippen molar-refractivity contribution in [3.05, 3.63) is 23.8 Å². The second-order valence-corrected chi connectivity index (χ2v) is 5.12. The molecule has 0 aromatic heterocycles. The maximum atomic E-state index is 11.4. The van der Waals surface area contributed by atoms with Gasteiger partial charge in [-0.05, 0) is 24.8 Å². The van der Waals surface area contributed by atoms with Crippen LogP contribution in [0.25, 0.3) is 0 Å². The summed E-state index contributed by atoms with van der Waals surface area (Å²) in [5.74, 6) is -0.903. The van der Waals surface area contributed by atoms with E-state index in [1.165, 1.54) is 11.8 Å². The molecule has 106 valence electrons. The van der Waals surface area contributed by atoms with Crippen LogP contribution >= 0.6 is 11.8 Å². The van der Waals surface area contributed by atoms with E-state index in [1.54, 1.807) is 7.11 Å². The molecule has 19 heavy (non-hydrogen) atoms. The Bertz CT molecular complexity index is 417. The van der Waals surface area contributed by atoms with Crippen molar-refractivity contribution in [1.82, 2.24) is 0 Å². The Morgan fingerprint density at radius 2 is 2.26 bits per heavy atom. The highest BCUT2D eigenvalue weighted by Gasteiger charge is 2.17. The molecule has 1 atom stereocenters. The van der Waals surface area contributed by atoms with Crippen LogP contribution in [0.1, 0.15) is 30.1 Å². The molecule has 0 aliphatic carbocycles. The van der Waals surface area contributed by atoms with E-state index in [9.17, 15) is 9.90 Å². The van der Waals surface area contributed by atoms with Gasteiger partial charge in [-0.15, -0.1) is 11.8 Å². The second kappa shape index (κ2) is 8.07. The van der Waals surface area contributed by atoms with Crippen molar-refractivity contribution in [2.45, 2.75) is 30.7 Å². The molecule has 2 N–H and O–H groups in total. The number of rotatable bonds is 8. The van der Waals surface area contributed by atoms with E-state index in [1.807, 2.05) is 24.5 Å². The fourth-order valence-electron chi connectivity index (χ4n) is 2.01. The first kappa shape index (κ1) is 15.9. The van der Waals surface area contributed by atoms with Crippen LogP contribution in [0.5, 0.6) is 0 Å². The first-order valence-electron chi connectivity index (χ1n) is 6.29. The van der Waals surface area contributed by atoms with Gasteiger partial charge in [0, 0.05) is 18.0 Å². The van der Waals surface area contributed by atoms with Crippen molar-refractivity contribution in [2.75, 3.05) is 25.3 Å². The van der Waals surface area contributed by atoms with Gasteiger partial charge in [0.25, 0.3) is 0 Å². The third-order valence-corrected chi connectivity index (χ3v) is 3.60. The lowest BCUT2D eigenvalue weighted by atomic mass is 10.1. The summed E-state index contributed by atoms with van der Waals surface area (Å²) in [5.41, 5.74) is 1.00. The lowest BCUT2D eigenvalue weighted by Crippen LogP contribution is -2.26. The SMILES string of the molecule is CCCC(COC)Nc1cccc(SC)c1C(=O)O. The molecular weight excluding hydrogens is 262 g/mol. The Balaban J connectivity index is 3.01. The Morgan fingerprint density at radius 1 is 1.53 bits per heavy atom. The summed E-state index contributed by atoms with van der Waals surface area (Å²) in [4.78, 5) is 12.2. The van der Waals surface area contributed by atoms with E-state index in [-0.39, 0.29) is 6.04 Å². The van der Waals surface area contributed by atoms with Crippen LogP contribution in [0.2, 0.25) is 0 Å². The quantitative estimate of drug-likeness (QED) is 0.717. The summed E-state index contributed by atoms with van der Waals surface area (Å²) < 4.78 is 5.17. The molecule has 1 rings (SSSR count). The van der Waals surface area contributed by atoms with Gasteiger partial charge in [0.05, 0.1) is 17.9 Å². The number of hydrogen-bond acceptors (Lipinski definition) is 4. The van der Waals surface area contributed by atoms with Crippen LogP contribution in [-0.4, -0.2) is 37.1 Å². The van der Waals surface area contributed by atoms with Crippen LogP contribution in [-0.2, 0) is 4.74 Å². The molecule has 0 radical (unpaired) electrons. The number of carbonyl (C=O) groups is 1. The average molecular weight is 283 g/mol. The molecule has 4 nitrogen and oxygen atoms in total. The molecule has 0 aliphatic rings. The molecular formula is C14H21NO3S. The van der Waals surface area contributed by atoms with Gasteiger partial charge in [-0.3, -0.25) is 0 Å². The zero-order chi connectivity index (χ0) is 14.3. The van der Waals surface area contributed by atoms with Gasteiger partial charge in [-0.2, -0.15) is 0 Å². The standard InChI is InChI=1S/C14H21NO3S/c1-4-6-10(9-18-2)15-11-7-5-8-12(19-3)13(11)14(16)17/h5,7-8,10,15H,4,6,9H2,1-3H3,(H,16,17). The number of benzene rings is 1. The van der Waals surface area contributed by atoms with Gasteiger partial charge >= 0.3 is 5.97 Å². The van der Waals surface area contributed by atoms with Crippen molar-refractivity contribution in [3.63, 3.8) is 0 Å². The first-order valence-corrected chi connectivity index (χ1v) is 7.52. The number of ether oxygens (including phenoxy) is 1. The molecule has 0 saturated carbocycles. The van der Waals surface area contributed by atoms with Gasteiger partial charge < -0.3 is 15.2 Å². The molecule has 1 aromatic carbocycles. The molecule has 0 heterocycles. The summed E-state index contributed by atoms with van der Waals surface area (Å²) in [7, 11) is 1.65. The lowest BCUT2D eigenvalue weighted by molar-refractivity contribution is 0.0694. The summed E-state index contributed by atoms with van der Waals surface area (Å²) in [6.45, 7) is 2.66. The minimum absolute atomic E-state index is 0.130. The van der Waals surface area contributed by atoms with Gasteiger partial charge in [-0.25, -0.2) is 4.79 Å². The molecule has 0 amide bonds. The number of carboxylic acids is 1. The fourth-order valence-corrected chi connectivity index (χ4v) is 2.62. The van der Waals surface area contributed by atoms with E-state index in [0.29, 0.717) is 17.9 Å². The summed E-state index contributed by atoms with van der Waals surface area (Å²) in [6, 6.07) is 5.63. The summed E-state index contributed by atoms with van der Waals surface area (Å²) in [6.07, 6.45) is 3.84. The zero-order valence-electron chi connectivity index (χ0n) is 11.6. The Kier molecular flexibility index (Phi) is 6.73. The minimum Gasteiger partial charge on any atom is -0.478 e. The number of anilines is 1. The molecule has 0 aliphatic heterocycles. The monoisotopic (exact) mass is 283 g/mol. The van der Waals surface area contributed by atoms with Crippen LogP contribution in [0, 0.1) is 0 Å². The number of hydrogen-bond donors (Lipinski definition) is 2. The number of thioether (sulfide) groups is 1. The lowest BCUT2D eigenvalue weighted by Gasteiger charge is -2.20. The molecule has 1 unspecified atom stereocenters. The van der Waals surface area contributed by atoms with Gasteiger partial charge in [0.1, 0.15) is 0 Å². The van der Waals surface area contributed by atoms with Gasteiger partial charge in [-0.1, -0.05) is 19.4 Å². The summed E-state index contributed by atoms with van der Waals surface area (Å²) in [5, 5.41) is 12.7. The highest BCUT2D eigenvalue weighted by atomic mass is 32.2. The number of carboxylic acid groups (broad SMARTS) is 1. The van der Waals surface area contributed by atoms with Crippen molar-refractivity contribution in [2.24, 2.45) is 0 Å². The van der Waals surface area contributed by atoms with Gasteiger partial charge in [0.15, 0.2) is 0 Å². The summed E-state index contributed by atoms with van der Waals surface area (Å²) >= 11 is 1.44. The molecule has 1 aromatic rings. The van der Waals surface area contributed by atoms with Crippen LogP contribution < -0.4 is 5.32 Å². The predicted octanol–water partition coefficient (Wildman–Crippen LogP) is 3.33. The number of methoxy groups -OCH3 is 1. The third-order valence-electron chi connectivity index (χ3n) is 2.82. The van der Waals surface area contributed by atoms with Crippen LogP contribution in [0.15, 0.2) is 23.1 Å². The number of aromatic carboxylic acids is 1. The van der Waals surface area contributed by atoms with Crippen molar-refractivity contribution in [1.29, 1.82) is 0 Å². The molecule has 0 spiro atoms. The topological polar surface area (TPSA) is 58.6 Å². The van der Waals surface area contributed by atoms with E-state index in [2.05, 4.69) is 12.2 Å². The Hall–Kier alpha value is -1.20. The van der Waals surface area contributed by atoms with Crippen molar-refractivity contribution < 1.29 is 14.6 Å². The van der Waals surface area contributed by atoms with Crippen molar-refractivity contribution in [3.8, 4) is 0 Å². The zero-order valence-corrected chi connectivity index (χ0v) is 12.4. The predicted molar refractivity (Wildman–Crippen MR) is 79.4 cm³/mol. The second-order valence-electron chi connectivity index (χ2n) is 4.27. The molecule has 5 heteroatoms. The Morgan fingerprint density at radius 3 is 2.79 bits per heavy atom. The van der Waals surface area contributed by atoms with Crippen molar-refractivity contribution >= 4 is 23.4 Å². The van der Waals surface area contributed by atoms with Crippen LogP contribution in [0.4, 0.5) is 5.69 Å². The molecule has 0 fully saturated rings. The average Bonchev–Trinajstić information content (AvgIpc) is 2.38.